The van der Waals surface area contributed by atoms with Crippen LogP contribution in [-0.4, -0.2) is 42.0 Å². The molecule has 0 aliphatic heterocycles. The normalized spacial score (nSPS) is 10.8. The minimum absolute atomic E-state index is 0.259. The van der Waals surface area contributed by atoms with E-state index in [1.807, 2.05) is 26.8 Å². The Morgan fingerprint density at radius 2 is 1.81 bits per heavy atom. The molecule has 31 heavy (non-hydrogen) atoms. The van der Waals surface area contributed by atoms with Crippen LogP contribution in [0.3, 0.4) is 0 Å². The summed E-state index contributed by atoms with van der Waals surface area (Å²) in [5.74, 6) is -0.369. The predicted molar refractivity (Wildman–Crippen MR) is 119 cm³/mol. The number of nitrogens with zero attached hydrogens (tertiary/aromatic N) is 1. The summed E-state index contributed by atoms with van der Waals surface area (Å²) >= 11 is 0. The molecule has 1 heterocycles. The molecule has 0 aliphatic rings. The molecule has 0 aliphatic carbocycles. The van der Waals surface area contributed by atoms with E-state index in [2.05, 4.69) is 23.7 Å². The zero-order valence-corrected chi connectivity index (χ0v) is 19.0. The van der Waals surface area contributed by atoms with Crippen LogP contribution >= 0.6 is 0 Å². The molecule has 0 atom stereocenters. The van der Waals surface area contributed by atoms with E-state index in [1.54, 1.807) is 24.3 Å². The monoisotopic (exact) mass is 428 g/mol. The second kappa shape index (κ2) is 11.3. The van der Waals surface area contributed by atoms with Gasteiger partial charge in [0.2, 0.25) is 5.78 Å². The van der Waals surface area contributed by atoms with Crippen LogP contribution in [0.15, 0.2) is 30.3 Å². The summed E-state index contributed by atoms with van der Waals surface area (Å²) in [5.41, 5.74) is 2.78. The lowest BCUT2D eigenvalue weighted by Gasteiger charge is -2.11. The first-order chi connectivity index (χ1) is 14.7. The summed E-state index contributed by atoms with van der Waals surface area (Å²) in [5, 5.41) is 2.50. The van der Waals surface area contributed by atoms with E-state index in [0.717, 1.165) is 24.4 Å². The number of aryl methyl sites for hydroxylation is 1. The number of nitrogens with one attached hydrogen (secondary N) is 1. The summed E-state index contributed by atoms with van der Waals surface area (Å²) in [6.07, 6.45) is 1.02. The lowest BCUT2D eigenvalue weighted by molar-refractivity contribution is -0.141. The Balaban J connectivity index is 1.88. The minimum Gasteiger partial charge on any atom is -0.493 e. The molecule has 0 radical (unpaired) electrons. The van der Waals surface area contributed by atoms with Crippen LogP contribution in [-0.2, 0) is 16.1 Å². The van der Waals surface area contributed by atoms with Crippen molar-refractivity contribution in [1.29, 1.82) is 0 Å². The number of benzene rings is 1. The first-order valence-electron chi connectivity index (χ1n) is 10.6. The average molecular weight is 429 g/mol. The van der Waals surface area contributed by atoms with Crippen LogP contribution in [0.25, 0.3) is 0 Å². The van der Waals surface area contributed by atoms with Crippen molar-refractivity contribution in [3.8, 4) is 5.75 Å². The number of carbonyl (C=O) groups is 3. The molecule has 7 nitrogen and oxygen atoms in total. The maximum Gasteiger partial charge on any atom is 0.325 e. The van der Waals surface area contributed by atoms with Crippen molar-refractivity contribution >= 4 is 17.7 Å². The molecule has 2 rings (SSSR count). The first kappa shape index (κ1) is 24.2. The summed E-state index contributed by atoms with van der Waals surface area (Å²) < 4.78 is 12.6. The van der Waals surface area contributed by atoms with Crippen LogP contribution < -0.4 is 10.1 Å². The molecule has 1 N–H and O–H groups in total. The number of aromatic nitrogens is 1. The number of ketones is 1. The van der Waals surface area contributed by atoms with E-state index in [0.29, 0.717) is 29.4 Å². The summed E-state index contributed by atoms with van der Waals surface area (Å²) in [6, 6.07) is 8.61. The highest BCUT2D eigenvalue weighted by Crippen LogP contribution is 2.19. The number of hydrogen-bond donors (Lipinski definition) is 1. The van der Waals surface area contributed by atoms with Crippen molar-refractivity contribution in [3.05, 3.63) is 52.8 Å². The van der Waals surface area contributed by atoms with Gasteiger partial charge < -0.3 is 19.4 Å². The summed E-state index contributed by atoms with van der Waals surface area (Å²) in [7, 11) is 0. The maximum atomic E-state index is 12.6. The SMILES string of the molecule is CCOc1ccccc1C(=O)NCC(=O)OCC(=O)c1cc(C)n(CCC(C)C)c1C. The van der Waals surface area contributed by atoms with E-state index in [-0.39, 0.29) is 18.9 Å². The van der Waals surface area contributed by atoms with Crippen molar-refractivity contribution in [2.75, 3.05) is 19.8 Å². The predicted octanol–water partition coefficient (Wildman–Crippen LogP) is 3.71. The van der Waals surface area contributed by atoms with Gasteiger partial charge >= 0.3 is 5.97 Å². The molecule has 1 aromatic heterocycles. The van der Waals surface area contributed by atoms with Gasteiger partial charge in [-0.25, -0.2) is 0 Å². The fourth-order valence-electron chi connectivity index (χ4n) is 3.27. The standard InChI is InChI=1S/C24H32N2O5/c1-6-30-22-10-8-7-9-19(22)24(29)25-14-23(28)31-15-21(27)20-13-17(4)26(18(20)5)12-11-16(2)3/h7-10,13,16H,6,11-12,14-15H2,1-5H3,(H,25,29). The molecule has 168 valence electrons. The minimum atomic E-state index is -0.677. The molecule has 0 saturated carbocycles. The smallest absolute Gasteiger partial charge is 0.325 e. The van der Waals surface area contributed by atoms with Gasteiger partial charge in [-0.3, -0.25) is 14.4 Å². The largest absolute Gasteiger partial charge is 0.493 e. The fraction of sp³-hybridized carbons (Fsp3) is 0.458. The highest BCUT2D eigenvalue weighted by Gasteiger charge is 2.18. The van der Waals surface area contributed by atoms with Crippen molar-refractivity contribution in [3.63, 3.8) is 0 Å². The Morgan fingerprint density at radius 3 is 2.48 bits per heavy atom. The highest BCUT2D eigenvalue weighted by atomic mass is 16.5. The highest BCUT2D eigenvalue weighted by molar-refractivity contribution is 6.00. The maximum absolute atomic E-state index is 12.6. The van der Waals surface area contributed by atoms with Gasteiger partial charge in [-0.1, -0.05) is 26.0 Å². The lowest BCUT2D eigenvalue weighted by Crippen LogP contribution is -2.31. The van der Waals surface area contributed by atoms with Gasteiger partial charge in [0.25, 0.3) is 5.91 Å². The Labute approximate surface area is 183 Å². The molecule has 0 spiro atoms. The van der Waals surface area contributed by atoms with E-state index >= 15 is 0 Å². The third-order valence-electron chi connectivity index (χ3n) is 4.99. The van der Waals surface area contributed by atoms with Crippen molar-refractivity contribution in [2.24, 2.45) is 5.92 Å². The number of hydrogen-bond acceptors (Lipinski definition) is 5. The van der Waals surface area contributed by atoms with Gasteiger partial charge in [0.15, 0.2) is 6.61 Å². The summed E-state index contributed by atoms with van der Waals surface area (Å²) in [6.45, 7) is 10.6. The quantitative estimate of drug-likeness (QED) is 0.436. The molecule has 1 aromatic carbocycles. The Morgan fingerprint density at radius 1 is 1.10 bits per heavy atom. The van der Waals surface area contributed by atoms with Crippen LogP contribution in [0.4, 0.5) is 0 Å². The molecule has 7 heteroatoms. The number of amides is 1. The Bertz CT molecular complexity index is 930. The van der Waals surface area contributed by atoms with Gasteiger partial charge in [-0.15, -0.1) is 0 Å². The van der Waals surface area contributed by atoms with Gasteiger partial charge in [-0.2, -0.15) is 0 Å². The number of rotatable bonds is 11. The van der Waals surface area contributed by atoms with Crippen LogP contribution in [0.1, 0.15) is 59.3 Å². The number of ether oxygens (including phenoxy) is 2. The molecule has 0 saturated heterocycles. The Hall–Kier alpha value is -3.09. The molecule has 1 amide bonds. The van der Waals surface area contributed by atoms with E-state index in [1.165, 1.54) is 0 Å². The zero-order chi connectivity index (χ0) is 23.0. The average Bonchev–Trinajstić information content (AvgIpc) is 3.02. The molecule has 2 aromatic rings. The Kier molecular flexibility index (Phi) is 8.85. The fourth-order valence-corrected chi connectivity index (χ4v) is 3.27. The third kappa shape index (κ3) is 6.70. The van der Waals surface area contributed by atoms with Crippen molar-refractivity contribution < 1.29 is 23.9 Å². The number of esters is 1. The third-order valence-corrected chi connectivity index (χ3v) is 4.99. The number of para-hydroxylation sites is 1. The van der Waals surface area contributed by atoms with Gasteiger partial charge in [0.1, 0.15) is 12.3 Å². The molecule has 0 bridgehead atoms. The van der Waals surface area contributed by atoms with Gasteiger partial charge in [0, 0.05) is 23.5 Å². The molecular formula is C24H32N2O5. The van der Waals surface area contributed by atoms with E-state index < -0.39 is 11.9 Å². The van der Waals surface area contributed by atoms with E-state index in [4.69, 9.17) is 9.47 Å². The van der Waals surface area contributed by atoms with Crippen molar-refractivity contribution in [2.45, 2.75) is 47.6 Å². The van der Waals surface area contributed by atoms with E-state index in [9.17, 15) is 14.4 Å². The van der Waals surface area contributed by atoms with Crippen LogP contribution in [0, 0.1) is 19.8 Å². The van der Waals surface area contributed by atoms with Crippen molar-refractivity contribution in [1.82, 2.24) is 9.88 Å². The van der Waals surface area contributed by atoms with Crippen LogP contribution in [0.5, 0.6) is 5.75 Å². The second-order valence-corrected chi connectivity index (χ2v) is 7.81. The molecule has 0 fully saturated rings. The topological polar surface area (TPSA) is 86.6 Å². The number of Topliss-reactive ketones (excluding diaryl/α,β-unsaturated/α-hetero) is 1. The molecular weight excluding hydrogens is 396 g/mol. The van der Waals surface area contributed by atoms with Crippen LogP contribution in [0.2, 0.25) is 0 Å². The summed E-state index contributed by atoms with van der Waals surface area (Å²) in [4.78, 5) is 36.9. The molecule has 0 unspecified atom stereocenters. The zero-order valence-electron chi connectivity index (χ0n) is 19.0. The lowest BCUT2D eigenvalue weighted by atomic mass is 10.1. The van der Waals surface area contributed by atoms with Gasteiger partial charge in [0.05, 0.1) is 12.2 Å². The number of carbonyl (C=O) groups excluding carboxylic acids is 3. The first-order valence-corrected chi connectivity index (χ1v) is 10.6. The second-order valence-electron chi connectivity index (χ2n) is 7.81. The van der Waals surface area contributed by atoms with Gasteiger partial charge in [-0.05, 0) is 51.3 Å².